The minimum absolute atomic E-state index is 0.0942. The lowest BCUT2D eigenvalue weighted by Gasteiger charge is -2.23. The van der Waals surface area contributed by atoms with E-state index in [0.717, 1.165) is 28.4 Å². The third-order valence-electron chi connectivity index (χ3n) is 4.27. The first-order valence-corrected chi connectivity index (χ1v) is 9.34. The van der Waals surface area contributed by atoms with E-state index >= 15 is 0 Å². The zero-order chi connectivity index (χ0) is 19.9. The molecule has 0 atom stereocenters. The summed E-state index contributed by atoms with van der Waals surface area (Å²) in [5, 5.41) is 0. The number of carbonyl (C=O) groups excluding carboxylic acids is 1. The molecule has 3 rings (SSSR count). The number of hydrogen-bond donors (Lipinski definition) is 0. The molecule has 0 aliphatic heterocycles. The Kier molecular flexibility index (Phi) is 6.33. The van der Waals surface area contributed by atoms with E-state index < -0.39 is 0 Å². The van der Waals surface area contributed by atoms with E-state index in [9.17, 15) is 4.79 Å². The third kappa shape index (κ3) is 4.52. The first-order chi connectivity index (χ1) is 13.6. The van der Waals surface area contributed by atoms with Crippen molar-refractivity contribution >= 4 is 5.97 Å². The maximum absolute atomic E-state index is 11.6. The molecule has 0 spiro atoms. The average Bonchev–Trinajstić information content (AvgIpc) is 2.69. The van der Waals surface area contributed by atoms with E-state index in [2.05, 4.69) is 4.37 Å². The quantitative estimate of drug-likeness (QED) is 0.375. The van der Waals surface area contributed by atoms with Gasteiger partial charge in [-0.2, -0.15) is 0 Å². The number of para-hydroxylation sites is 2. The highest BCUT2D eigenvalue weighted by Crippen LogP contribution is 2.41. The number of ether oxygens (including phenoxy) is 2. The predicted molar refractivity (Wildman–Crippen MR) is 110 cm³/mol. The van der Waals surface area contributed by atoms with Gasteiger partial charge in [-0.15, -0.1) is 0 Å². The molecule has 28 heavy (non-hydrogen) atoms. The summed E-state index contributed by atoms with van der Waals surface area (Å²) in [6.45, 7) is 5.99. The number of benzene rings is 3. The largest absolute Gasteiger partial charge is 0.499 e. The lowest BCUT2D eigenvalue weighted by atomic mass is 10.1. The van der Waals surface area contributed by atoms with Gasteiger partial charge in [0.2, 0.25) is 0 Å². The van der Waals surface area contributed by atoms with Crippen molar-refractivity contribution in [3.05, 3.63) is 83.9 Å². The smallest absolute Gasteiger partial charge is 0.344 e. The van der Waals surface area contributed by atoms with Crippen molar-refractivity contribution in [2.75, 3.05) is 13.2 Å². The predicted octanol–water partition coefficient (Wildman–Crippen LogP) is 5.99. The lowest BCUT2D eigenvalue weighted by molar-refractivity contribution is -0.145. The second-order valence-electron chi connectivity index (χ2n) is 6.41. The van der Waals surface area contributed by atoms with Crippen molar-refractivity contribution in [2.45, 2.75) is 20.8 Å². The third-order valence-corrected chi connectivity index (χ3v) is 4.27. The summed E-state index contributed by atoms with van der Waals surface area (Å²) < 4.78 is 13.9. The summed E-state index contributed by atoms with van der Waals surface area (Å²) in [7, 11) is 0. The topological polar surface area (TPSA) is 38.2 Å². The molecule has 0 heterocycles. The van der Waals surface area contributed by atoms with Crippen LogP contribution in [0.15, 0.2) is 72.8 Å². The van der Waals surface area contributed by atoms with Gasteiger partial charge in [0.05, 0.1) is 6.61 Å². The Bertz CT molecular complexity index is 857. The Balaban J connectivity index is 1.97. The molecule has 0 radical (unpaired) electrons. The van der Waals surface area contributed by atoms with Gasteiger partial charge < -0.3 is 13.8 Å². The Morgan fingerprint density at radius 2 is 1.32 bits per heavy atom. The fourth-order valence-electron chi connectivity index (χ4n) is 3.11. The molecule has 4 heteroatoms. The fourth-order valence-corrected chi connectivity index (χ4v) is 3.11. The SMILES string of the molecule is CCOC(=O)COc1c(C)cc([O+](c2ccccc2)c2ccccc2)cc1C. The van der Waals surface area contributed by atoms with Crippen molar-refractivity contribution in [1.29, 1.82) is 0 Å². The van der Waals surface area contributed by atoms with Crippen molar-refractivity contribution in [2.24, 2.45) is 0 Å². The molecule has 0 amide bonds. The molecule has 3 aromatic rings. The zero-order valence-corrected chi connectivity index (χ0v) is 16.5. The van der Waals surface area contributed by atoms with Crippen molar-refractivity contribution in [1.82, 2.24) is 0 Å². The van der Waals surface area contributed by atoms with Crippen LogP contribution in [0, 0.1) is 13.8 Å². The molecule has 0 aliphatic rings. The van der Waals surface area contributed by atoms with Gasteiger partial charge in [0.15, 0.2) is 6.61 Å². The van der Waals surface area contributed by atoms with Crippen molar-refractivity contribution in [3.63, 3.8) is 0 Å². The van der Waals surface area contributed by atoms with Gasteiger partial charge in [0.25, 0.3) is 17.2 Å². The standard InChI is InChI=1S/C24H25O4/c1-4-26-23(25)17-27-24-18(2)15-22(16-19(24)3)28(20-11-7-5-8-12-20)21-13-9-6-10-14-21/h5-16H,4,17H2,1-3H3/q+1. The van der Waals surface area contributed by atoms with E-state index in [0.29, 0.717) is 12.4 Å². The first-order valence-electron chi connectivity index (χ1n) is 9.34. The maximum atomic E-state index is 11.6. The van der Waals surface area contributed by atoms with Crippen LogP contribution in [0.1, 0.15) is 18.1 Å². The molecular weight excluding hydrogens is 352 g/mol. The lowest BCUT2D eigenvalue weighted by Crippen LogP contribution is -2.15. The minimum Gasteiger partial charge on any atom is -0.499 e. The van der Waals surface area contributed by atoms with Crippen LogP contribution in [0.2, 0.25) is 0 Å². The van der Waals surface area contributed by atoms with Crippen LogP contribution in [0.25, 0.3) is 0 Å². The van der Waals surface area contributed by atoms with Crippen LogP contribution in [0.4, 0.5) is 0 Å². The van der Waals surface area contributed by atoms with E-state index in [1.807, 2.05) is 86.6 Å². The molecule has 0 saturated carbocycles. The van der Waals surface area contributed by atoms with Crippen molar-refractivity contribution in [3.8, 4) is 23.0 Å². The molecule has 0 aliphatic carbocycles. The van der Waals surface area contributed by atoms with E-state index in [4.69, 9.17) is 9.47 Å². The molecule has 0 bridgehead atoms. The normalized spacial score (nSPS) is 10.4. The first kappa shape index (κ1) is 19.5. The number of rotatable bonds is 7. The van der Waals surface area contributed by atoms with E-state index in [1.165, 1.54) is 0 Å². The maximum Gasteiger partial charge on any atom is 0.344 e. The highest BCUT2D eigenvalue weighted by atomic mass is 16.7. The van der Waals surface area contributed by atoms with Crippen LogP contribution in [-0.2, 0) is 9.53 Å². The highest BCUT2D eigenvalue weighted by Gasteiger charge is 2.22. The summed E-state index contributed by atoms with van der Waals surface area (Å²) in [6.07, 6.45) is 0. The summed E-state index contributed by atoms with van der Waals surface area (Å²) in [6, 6.07) is 24.3. The average molecular weight is 377 g/mol. The van der Waals surface area contributed by atoms with Gasteiger partial charge in [0, 0.05) is 47.5 Å². The second kappa shape index (κ2) is 9.09. The Labute approximate surface area is 166 Å². The Hall–Kier alpha value is -3.27. The molecule has 4 nitrogen and oxygen atoms in total. The number of carbonyl (C=O) groups is 1. The molecule has 0 N–H and O–H groups in total. The van der Waals surface area contributed by atoms with Crippen LogP contribution in [-0.4, -0.2) is 19.2 Å². The molecule has 0 unspecified atom stereocenters. The van der Waals surface area contributed by atoms with Gasteiger partial charge in [-0.25, -0.2) is 4.79 Å². The summed E-state index contributed by atoms with van der Waals surface area (Å²) in [5.41, 5.74) is 1.90. The number of aryl methyl sites for hydroxylation is 2. The van der Waals surface area contributed by atoms with Gasteiger partial charge in [-0.05, 0) is 20.8 Å². The van der Waals surface area contributed by atoms with Crippen LogP contribution >= 0.6 is 0 Å². The van der Waals surface area contributed by atoms with Crippen LogP contribution in [0.3, 0.4) is 0 Å². The van der Waals surface area contributed by atoms with Gasteiger partial charge in [-0.1, -0.05) is 36.4 Å². The van der Waals surface area contributed by atoms with E-state index in [-0.39, 0.29) is 12.6 Å². The monoisotopic (exact) mass is 377 g/mol. The second-order valence-corrected chi connectivity index (χ2v) is 6.41. The molecule has 0 saturated heterocycles. The molecule has 0 aromatic heterocycles. The number of esters is 1. The minimum atomic E-state index is -0.366. The van der Waals surface area contributed by atoms with Crippen molar-refractivity contribution < 1.29 is 18.6 Å². The van der Waals surface area contributed by atoms with Crippen LogP contribution in [0.5, 0.6) is 23.0 Å². The summed E-state index contributed by atoms with van der Waals surface area (Å²) in [4.78, 5) is 11.6. The summed E-state index contributed by atoms with van der Waals surface area (Å²) in [5.74, 6) is 3.28. The summed E-state index contributed by atoms with van der Waals surface area (Å²) >= 11 is 0. The van der Waals surface area contributed by atoms with Gasteiger partial charge in [0.1, 0.15) is 5.75 Å². The Morgan fingerprint density at radius 1 is 0.821 bits per heavy atom. The van der Waals surface area contributed by atoms with Crippen LogP contribution < -0.4 is 9.10 Å². The Morgan fingerprint density at radius 3 is 1.79 bits per heavy atom. The fraction of sp³-hybridized carbons (Fsp3) is 0.208. The van der Waals surface area contributed by atoms with E-state index in [1.54, 1.807) is 6.92 Å². The molecule has 144 valence electrons. The molecule has 0 fully saturated rings. The molecular formula is C24H25O4+. The zero-order valence-electron chi connectivity index (χ0n) is 16.5. The van der Waals surface area contributed by atoms with Gasteiger partial charge in [-0.3, -0.25) is 0 Å². The number of hydrogen-bond acceptors (Lipinski definition) is 3. The highest BCUT2D eigenvalue weighted by molar-refractivity contribution is 5.71. The van der Waals surface area contributed by atoms with Gasteiger partial charge >= 0.3 is 5.97 Å². The molecule has 3 aromatic carbocycles.